The summed E-state index contributed by atoms with van der Waals surface area (Å²) in [5.41, 5.74) is 0. The number of carbonyl (C=O) groups is 1. The van der Waals surface area contributed by atoms with E-state index in [2.05, 4.69) is 19.1 Å². The van der Waals surface area contributed by atoms with Gasteiger partial charge in [-0.3, -0.25) is 4.79 Å². The molecule has 148 valence electrons. The van der Waals surface area contributed by atoms with E-state index in [1.807, 2.05) is 0 Å². The Bertz CT molecular complexity index is 315. The van der Waals surface area contributed by atoms with E-state index < -0.39 is 6.10 Å². The van der Waals surface area contributed by atoms with Crippen molar-refractivity contribution < 1.29 is 19.7 Å². The van der Waals surface area contributed by atoms with Crippen LogP contribution in [0.25, 0.3) is 0 Å². The lowest BCUT2D eigenvalue weighted by Gasteiger charge is -2.08. The Kier molecular flexibility index (Phi) is 18.8. The highest BCUT2D eigenvalue weighted by Gasteiger charge is 2.07. The van der Waals surface area contributed by atoms with Gasteiger partial charge in [-0.2, -0.15) is 0 Å². The van der Waals surface area contributed by atoms with Gasteiger partial charge in [0.1, 0.15) is 12.7 Å². The van der Waals surface area contributed by atoms with E-state index in [-0.39, 0.29) is 19.2 Å². The predicted molar refractivity (Wildman–Crippen MR) is 104 cm³/mol. The molecule has 0 amide bonds. The summed E-state index contributed by atoms with van der Waals surface area (Å²) in [4.78, 5) is 11.4. The van der Waals surface area contributed by atoms with Gasteiger partial charge in [0.15, 0.2) is 0 Å². The Hall–Kier alpha value is -0.870. The molecule has 0 saturated heterocycles. The van der Waals surface area contributed by atoms with E-state index >= 15 is 0 Å². The van der Waals surface area contributed by atoms with Crippen molar-refractivity contribution in [1.29, 1.82) is 0 Å². The third-order valence-electron chi connectivity index (χ3n) is 4.29. The predicted octanol–water partition coefficient (Wildman–Crippen LogP) is 4.92. The van der Waals surface area contributed by atoms with Gasteiger partial charge in [0.05, 0.1) is 6.61 Å². The average molecular weight is 357 g/mol. The normalized spacial score (nSPS) is 12.6. The summed E-state index contributed by atoms with van der Waals surface area (Å²) in [5, 5.41) is 17.7. The largest absolute Gasteiger partial charge is 0.463 e. The number of carbonyl (C=O) groups excluding carboxylic acids is 1. The molecule has 0 heterocycles. The third-order valence-corrected chi connectivity index (χ3v) is 4.29. The maximum absolute atomic E-state index is 11.4. The zero-order valence-corrected chi connectivity index (χ0v) is 16.3. The molecule has 0 bridgehead atoms. The van der Waals surface area contributed by atoms with Gasteiger partial charge in [-0.1, -0.05) is 76.9 Å². The van der Waals surface area contributed by atoms with Crippen LogP contribution in [0.15, 0.2) is 12.2 Å². The van der Waals surface area contributed by atoms with Gasteiger partial charge < -0.3 is 14.9 Å². The molecule has 25 heavy (non-hydrogen) atoms. The van der Waals surface area contributed by atoms with E-state index in [1.165, 1.54) is 70.6 Å². The smallest absolute Gasteiger partial charge is 0.305 e. The number of allylic oxidation sites excluding steroid dienone is 2. The van der Waals surface area contributed by atoms with Crippen LogP contribution >= 0.6 is 0 Å². The Morgan fingerprint density at radius 1 is 0.880 bits per heavy atom. The summed E-state index contributed by atoms with van der Waals surface area (Å²) in [7, 11) is 0. The van der Waals surface area contributed by atoms with Gasteiger partial charge in [0.25, 0.3) is 0 Å². The van der Waals surface area contributed by atoms with E-state index in [1.54, 1.807) is 0 Å². The molecule has 0 aliphatic carbocycles. The Morgan fingerprint density at radius 3 is 1.96 bits per heavy atom. The minimum Gasteiger partial charge on any atom is -0.463 e. The second-order valence-electron chi connectivity index (χ2n) is 6.85. The Morgan fingerprint density at radius 2 is 1.40 bits per heavy atom. The lowest BCUT2D eigenvalue weighted by Crippen LogP contribution is -2.21. The maximum atomic E-state index is 11.4. The van der Waals surface area contributed by atoms with Crippen molar-refractivity contribution in [2.45, 2.75) is 103 Å². The third kappa shape index (κ3) is 19.3. The lowest BCUT2D eigenvalue weighted by molar-refractivity contribution is -0.147. The van der Waals surface area contributed by atoms with Gasteiger partial charge in [0.2, 0.25) is 0 Å². The molecule has 0 unspecified atom stereocenters. The number of hydrogen-bond donors (Lipinski definition) is 2. The van der Waals surface area contributed by atoms with Gasteiger partial charge in [0, 0.05) is 6.42 Å². The van der Waals surface area contributed by atoms with Crippen LogP contribution in [-0.2, 0) is 9.53 Å². The number of aliphatic hydroxyl groups is 2. The molecule has 4 heteroatoms. The molecule has 4 nitrogen and oxygen atoms in total. The fourth-order valence-electron chi connectivity index (χ4n) is 2.64. The molecule has 0 fully saturated rings. The summed E-state index contributed by atoms with van der Waals surface area (Å²) >= 11 is 0. The van der Waals surface area contributed by atoms with E-state index in [0.29, 0.717) is 6.42 Å². The topological polar surface area (TPSA) is 66.8 Å². The van der Waals surface area contributed by atoms with Crippen LogP contribution in [0.4, 0.5) is 0 Å². The summed E-state index contributed by atoms with van der Waals surface area (Å²) in [5.74, 6) is -0.281. The highest BCUT2D eigenvalue weighted by molar-refractivity contribution is 5.69. The molecule has 0 aromatic rings. The van der Waals surface area contributed by atoms with Crippen molar-refractivity contribution in [2.24, 2.45) is 0 Å². The fraction of sp³-hybridized carbons (Fsp3) is 0.857. The summed E-state index contributed by atoms with van der Waals surface area (Å²) < 4.78 is 4.86. The number of rotatable bonds is 18. The number of ether oxygens (including phenoxy) is 1. The minimum absolute atomic E-state index is 0.107. The second-order valence-corrected chi connectivity index (χ2v) is 6.85. The van der Waals surface area contributed by atoms with E-state index in [9.17, 15) is 4.79 Å². The van der Waals surface area contributed by atoms with Crippen molar-refractivity contribution in [3.05, 3.63) is 12.2 Å². The van der Waals surface area contributed by atoms with Gasteiger partial charge in [-0.05, 0) is 25.7 Å². The number of hydrogen-bond acceptors (Lipinski definition) is 4. The first kappa shape index (κ1) is 24.1. The SMILES string of the molecule is CCCC/C=C/CCCCCCCCCCCC(=O)OC[C@@H](O)CO. The van der Waals surface area contributed by atoms with Gasteiger partial charge in [-0.25, -0.2) is 0 Å². The second kappa shape index (κ2) is 19.5. The quantitative estimate of drug-likeness (QED) is 0.208. The van der Waals surface area contributed by atoms with Crippen molar-refractivity contribution in [1.82, 2.24) is 0 Å². The van der Waals surface area contributed by atoms with Gasteiger partial charge in [-0.15, -0.1) is 0 Å². The summed E-state index contributed by atoms with van der Waals surface area (Å²) in [6.45, 7) is 1.75. The van der Waals surface area contributed by atoms with Gasteiger partial charge >= 0.3 is 5.97 Å². The van der Waals surface area contributed by atoms with Crippen LogP contribution in [0.2, 0.25) is 0 Å². The molecule has 0 aromatic heterocycles. The minimum atomic E-state index is -0.957. The monoisotopic (exact) mass is 356 g/mol. The standard InChI is InChI=1S/C21H40O4/c1-2-3-4-5-6-7-8-9-10-11-12-13-14-15-16-17-21(24)25-19-20(23)18-22/h5-6,20,22-23H,2-4,7-19H2,1H3/b6-5+/t20-/m0/s1. The molecule has 2 N–H and O–H groups in total. The van der Waals surface area contributed by atoms with Crippen molar-refractivity contribution >= 4 is 5.97 Å². The molecule has 1 atom stereocenters. The Labute approximate surface area is 154 Å². The van der Waals surface area contributed by atoms with Crippen LogP contribution in [0, 0.1) is 0 Å². The van der Waals surface area contributed by atoms with E-state index in [4.69, 9.17) is 14.9 Å². The van der Waals surface area contributed by atoms with Crippen molar-refractivity contribution in [3.8, 4) is 0 Å². The lowest BCUT2D eigenvalue weighted by atomic mass is 10.1. The molecular formula is C21H40O4. The first-order valence-electron chi connectivity index (χ1n) is 10.3. The van der Waals surface area contributed by atoms with Crippen LogP contribution in [0.1, 0.15) is 96.8 Å². The van der Waals surface area contributed by atoms with E-state index in [0.717, 1.165) is 12.8 Å². The zero-order valence-electron chi connectivity index (χ0n) is 16.3. The number of unbranched alkanes of at least 4 members (excludes halogenated alkanes) is 11. The molecule has 0 aliphatic rings. The molecule has 0 aromatic carbocycles. The highest BCUT2D eigenvalue weighted by atomic mass is 16.5. The highest BCUT2D eigenvalue weighted by Crippen LogP contribution is 2.12. The zero-order chi connectivity index (χ0) is 18.6. The Balaban J connectivity index is 3.18. The fourth-order valence-corrected chi connectivity index (χ4v) is 2.64. The first-order chi connectivity index (χ1) is 12.2. The summed E-state index contributed by atoms with van der Waals surface area (Å²) in [6, 6.07) is 0. The molecular weight excluding hydrogens is 316 g/mol. The number of aliphatic hydroxyl groups excluding tert-OH is 2. The first-order valence-corrected chi connectivity index (χ1v) is 10.3. The van der Waals surface area contributed by atoms with Crippen LogP contribution in [-0.4, -0.2) is 35.5 Å². The molecule has 0 spiro atoms. The molecule has 0 saturated carbocycles. The molecule has 0 radical (unpaired) electrons. The maximum Gasteiger partial charge on any atom is 0.305 e. The van der Waals surface area contributed by atoms with Crippen LogP contribution in [0.3, 0.4) is 0 Å². The van der Waals surface area contributed by atoms with Crippen LogP contribution in [0.5, 0.6) is 0 Å². The van der Waals surface area contributed by atoms with Crippen LogP contribution < -0.4 is 0 Å². The van der Waals surface area contributed by atoms with Crippen molar-refractivity contribution in [3.63, 3.8) is 0 Å². The average Bonchev–Trinajstić information content (AvgIpc) is 2.62. The molecule has 0 aliphatic heterocycles. The molecule has 0 rings (SSSR count). The number of esters is 1. The summed E-state index contributed by atoms with van der Waals surface area (Å²) in [6.07, 6.45) is 20.1. The van der Waals surface area contributed by atoms with Crippen molar-refractivity contribution in [2.75, 3.05) is 13.2 Å².